The highest BCUT2D eigenvalue weighted by Crippen LogP contribution is 2.38. The average molecular weight is 369 g/mol. The van der Waals surface area contributed by atoms with Gasteiger partial charge in [0.2, 0.25) is 0 Å². The second-order valence-electron chi connectivity index (χ2n) is 3.41. The van der Waals surface area contributed by atoms with E-state index in [2.05, 4.69) is 28.6 Å². The first-order valence-corrected chi connectivity index (χ1v) is 7.00. The molecule has 0 aliphatic rings. The van der Waals surface area contributed by atoms with Crippen molar-refractivity contribution in [2.24, 2.45) is 0 Å². The van der Waals surface area contributed by atoms with E-state index in [0.29, 0.717) is 15.1 Å². The molecule has 0 heterocycles. The molecule has 0 fully saturated rings. The monoisotopic (exact) mass is 366 g/mol. The number of benzene rings is 2. The van der Waals surface area contributed by atoms with Gasteiger partial charge in [-0.1, -0.05) is 50.7 Å². The van der Waals surface area contributed by atoms with Gasteiger partial charge in [-0.25, -0.2) is 0 Å². The molecule has 5 heteroatoms. The Morgan fingerprint density at radius 1 is 0.824 bits per heavy atom. The van der Waals surface area contributed by atoms with Gasteiger partial charge in [0.25, 0.3) is 0 Å². The van der Waals surface area contributed by atoms with E-state index in [0.717, 1.165) is 20.5 Å². The van der Waals surface area contributed by atoms with Crippen molar-refractivity contribution >= 4 is 63.4 Å². The lowest BCUT2D eigenvalue weighted by Crippen LogP contribution is -1.84. The van der Waals surface area contributed by atoms with Gasteiger partial charge >= 0.3 is 0 Å². The van der Waals surface area contributed by atoms with Gasteiger partial charge in [-0.2, -0.15) is 0 Å². The summed E-state index contributed by atoms with van der Waals surface area (Å²) in [6.45, 7) is 0. The summed E-state index contributed by atoms with van der Waals surface area (Å²) >= 11 is 25.9. The van der Waals surface area contributed by atoms with Gasteiger partial charge in [0.15, 0.2) is 0 Å². The molecule has 0 radical (unpaired) electrons. The normalized spacial score (nSPS) is 10.6. The molecule has 0 atom stereocenters. The van der Waals surface area contributed by atoms with Gasteiger partial charge in [0, 0.05) is 14.9 Å². The fourth-order valence-corrected chi connectivity index (χ4v) is 2.72. The molecular formula is C12H6BrCl3S. The van der Waals surface area contributed by atoms with Crippen LogP contribution in [0.5, 0.6) is 0 Å². The number of hydrogen-bond donors (Lipinski definition) is 1. The molecule has 0 saturated heterocycles. The van der Waals surface area contributed by atoms with E-state index in [9.17, 15) is 0 Å². The van der Waals surface area contributed by atoms with Gasteiger partial charge in [-0.05, 0) is 35.9 Å². The maximum absolute atomic E-state index is 6.17. The maximum Gasteiger partial charge on any atom is 0.0607 e. The van der Waals surface area contributed by atoms with Crippen LogP contribution in [0.2, 0.25) is 15.1 Å². The van der Waals surface area contributed by atoms with E-state index in [-0.39, 0.29) is 0 Å². The average Bonchev–Trinajstić information content (AvgIpc) is 2.27. The summed E-state index contributed by atoms with van der Waals surface area (Å²) in [5, 5.41) is 1.46. The van der Waals surface area contributed by atoms with Crippen LogP contribution in [0, 0.1) is 0 Å². The van der Waals surface area contributed by atoms with Crippen molar-refractivity contribution in [2.75, 3.05) is 0 Å². The van der Waals surface area contributed by atoms with E-state index < -0.39 is 0 Å². The Balaban J connectivity index is 2.68. The van der Waals surface area contributed by atoms with Gasteiger partial charge in [0.1, 0.15) is 0 Å². The Morgan fingerprint density at radius 2 is 1.47 bits per heavy atom. The Bertz CT molecular complexity index is 584. The zero-order chi connectivity index (χ0) is 12.6. The Hall–Kier alpha value is 0.140. The summed E-state index contributed by atoms with van der Waals surface area (Å²) in [6, 6.07) is 9.12. The standard InChI is InChI=1S/C12H6BrCl3S/c13-6-1-2-12(17)8(3-6)7-4-10(15)11(16)5-9(7)14/h1-5,17H. The number of rotatable bonds is 1. The quantitative estimate of drug-likeness (QED) is 0.439. The SMILES string of the molecule is Sc1ccc(Br)cc1-c1cc(Cl)c(Cl)cc1Cl. The largest absolute Gasteiger partial charge is 0.143 e. The molecule has 0 saturated carbocycles. The highest BCUT2D eigenvalue weighted by atomic mass is 79.9. The first-order chi connectivity index (χ1) is 7.99. The summed E-state index contributed by atoms with van der Waals surface area (Å²) in [7, 11) is 0. The highest BCUT2D eigenvalue weighted by Gasteiger charge is 2.10. The zero-order valence-electron chi connectivity index (χ0n) is 8.35. The fourth-order valence-electron chi connectivity index (χ4n) is 1.45. The molecule has 2 aromatic rings. The number of halogens is 4. The van der Waals surface area contributed by atoms with Crippen LogP contribution in [-0.4, -0.2) is 0 Å². The summed E-state index contributed by atoms with van der Waals surface area (Å²) in [5.41, 5.74) is 1.72. The van der Waals surface area contributed by atoms with Crippen LogP contribution in [0.4, 0.5) is 0 Å². The molecule has 0 spiro atoms. The van der Waals surface area contributed by atoms with E-state index >= 15 is 0 Å². The van der Waals surface area contributed by atoms with Crippen molar-refractivity contribution in [3.63, 3.8) is 0 Å². The van der Waals surface area contributed by atoms with Crippen molar-refractivity contribution in [3.8, 4) is 11.1 Å². The van der Waals surface area contributed by atoms with Gasteiger partial charge in [-0.15, -0.1) is 12.6 Å². The molecule has 0 N–H and O–H groups in total. The van der Waals surface area contributed by atoms with Crippen molar-refractivity contribution in [3.05, 3.63) is 49.9 Å². The Morgan fingerprint density at radius 3 is 2.18 bits per heavy atom. The second kappa shape index (κ2) is 5.41. The topological polar surface area (TPSA) is 0 Å². The van der Waals surface area contributed by atoms with E-state index in [4.69, 9.17) is 34.8 Å². The Kier molecular flexibility index (Phi) is 4.32. The summed E-state index contributed by atoms with van der Waals surface area (Å²) in [4.78, 5) is 0.827. The van der Waals surface area contributed by atoms with Gasteiger partial charge < -0.3 is 0 Å². The van der Waals surface area contributed by atoms with Crippen LogP contribution < -0.4 is 0 Å². The first-order valence-electron chi connectivity index (χ1n) is 4.62. The lowest BCUT2D eigenvalue weighted by atomic mass is 10.1. The minimum Gasteiger partial charge on any atom is -0.143 e. The molecule has 0 aromatic heterocycles. The van der Waals surface area contributed by atoms with Gasteiger partial charge in [-0.3, -0.25) is 0 Å². The van der Waals surface area contributed by atoms with E-state index in [1.807, 2.05) is 18.2 Å². The molecule has 2 aromatic carbocycles. The molecule has 0 bridgehead atoms. The third kappa shape index (κ3) is 2.94. The van der Waals surface area contributed by atoms with Crippen LogP contribution in [0.3, 0.4) is 0 Å². The summed E-state index contributed by atoms with van der Waals surface area (Å²) < 4.78 is 0.951. The molecule has 0 unspecified atom stereocenters. The molecule has 0 amide bonds. The van der Waals surface area contributed by atoms with Crippen LogP contribution >= 0.6 is 63.4 Å². The predicted molar refractivity (Wildman–Crippen MR) is 81.9 cm³/mol. The zero-order valence-corrected chi connectivity index (χ0v) is 13.1. The summed E-state index contributed by atoms with van der Waals surface area (Å²) in [5.74, 6) is 0. The molecule has 2 rings (SSSR count). The predicted octanol–water partition coefficient (Wildman–Crippen LogP) is 6.37. The van der Waals surface area contributed by atoms with Crippen LogP contribution in [-0.2, 0) is 0 Å². The minimum atomic E-state index is 0.441. The summed E-state index contributed by atoms with van der Waals surface area (Å²) in [6.07, 6.45) is 0. The lowest BCUT2D eigenvalue weighted by Gasteiger charge is -2.09. The molecule has 17 heavy (non-hydrogen) atoms. The van der Waals surface area contributed by atoms with Crippen LogP contribution in [0.15, 0.2) is 39.7 Å². The smallest absolute Gasteiger partial charge is 0.0607 e. The lowest BCUT2D eigenvalue weighted by molar-refractivity contribution is 1.44. The third-order valence-electron chi connectivity index (χ3n) is 2.26. The van der Waals surface area contributed by atoms with E-state index in [1.54, 1.807) is 12.1 Å². The minimum absolute atomic E-state index is 0.441. The molecule has 0 nitrogen and oxygen atoms in total. The molecule has 0 aliphatic heterocycles. The molecular weight excluding hydrogens is 362 g/mol. The Labute approximate surface area is 128 Å². The van der Waals surface area contributed by atoms with Crippen LogP contribution in [0.1, 0.15) is 0 Å². The fraction of sp³-hybridized carbons (Fsp3) is 0. The van der Waals surface area contributed by atoms with Gasteiger partial charge in [0.05, 0.1) is 15.1 Å². The first kappa shape index (κ1) is 13.6. The second-order valence-corrected chi connectivity index (χ2v) is 6.03. The van der Waals surface area contributed by atoms with E-state index in [1.165, 1.54) is 0 Å². The van der Waals surface area contributed by atoms with Crippen molar-refractivity contribution < 1.29 is 0 Å². The highest BCUT2D eigenvalue weighted by molar-refractivity contribution is 9.10. The number of thiol groups is 1. The molecule has 0 aliphatic carbocycles. The van der Waals surface area contributed by atoms with Crippen LogP contribution in [0.25, 0.3) is 11.1 Å². The number of hydrogen-bond acceptors (Lipinski definition) is 1. The van der Waals surface area contributed by atoms with Crippen molar-refractivity contribution in [1.29, 1.82) is 0 Å². The van der Waals surface area contributed by atoms with Crippen molar-refractivity contribution in [2.45, 2.75) is 4.90 Å². The van der Waals surface area contributed by atoms with Crippen molar-refractivity contribution in [1.82, 2.24) is 0 Å². The maximum atomic E-state index is 6.17. The molecule has 88 valence electrons. The third-order valence-corrected chi connectivity index (χ3v) is 4.18.